The van der Waals surface area contributed by atoms with Crippen LogP contribution in [0.25, 0.3) is 0 Å². The molecular formula is C21H14Cl2F18N2. The zero-order valence-corrected chi connectivity index (χ0v) is 20.7. The quantitative estimate of drug-likeness (QED) is 0.246. The van der Waals surface area contributed by atoms with E-state index in [0.717, 1.165) is 0 Å². The lowest BCUT2D eigenvalue weighted by Crippen LogP contribution is -2.59. The van der Waals surface area contributed by atoms with Crippen LogP contribution in [0.2, 0.25) is 10.0 Å². The molecule has 2 aromatic rings. The maximum absolute atomic E-state index is 14.0. The van der Waals surface area contributed by atoms with Gasteiger partial charge in [0, 0.05) is 16.8 Å². The number of hydrogen-bond donors (Lipinski definition) is 2. The van der Waals surface area contributed by atoms with Crippen molar-refractivity contribution in [3.63, 3.8) is 0 Å². The third-order valence-electron chi connectivity index (χ3n) is 5.14. The number of halogens is 20. The fourth-order valence-electron chi connectivity index (χ4n) is 2.93. The normalized spacial score (nSPS) is 16.3. The first-order chi connectivity index (χ1) is 18.3. The molecule has 0 saturated carbocycles. The maximum Gasteiger partial charge on any atom is 0.457 e. The predicted octanol–water partition coefficient (Wildman–Crippen LogP) is 10.3. The third-order valence-corrected chi connectivity index (χ3v) is 5.77. The van der Waals surface area contributed by atoms with Crippen molar-refractivity contribution in [3.8, 4) is 0 Å². The Labute approximate surface area is 238 Å². The topological polar surface area (TPSA) is 52.0 Å². The second-order valence-corrected chi connectivity index (χ2v) is 8.75. The van der Waals surface area contributed by atoms with Gasteiger partial charge in [-0.1, -0.05) is 42.8 Å². The summed E-state index contributed by atoms with van der Waals surface area (Å²) in [5.74, 6) is -13.4. The molecule has 0 aromatic heterocycles. The molecule has 0 radical (unpaired) electrons. The zero-order chi connectivity index (χ0) is 33.7. The van der Waals surface area contributed by atoms with Crippen molar-refractivity contribution in [1.29, 1.82) is 0 Å². The van der Waals surface area contributed by atoms with Gasteiger partial charge in [-0.25, -0.2) is 8.78 Å². The summed E-state index contributed by atoms with van der Waals surface area (Å²) in [6.07, 6.45) is -26.6. The molecule has 0 aliphatic heterocycles. The number of anilines is 2. The van der Waals surface area contributed by atoms with Gasteiger partial charge in [-0.2, -0.15) is 70.2 Å². The van der Waals surface area contributed by atoms with Gasteiger partial charge in [0.2, 0.25) is 0 Å². The van der Waals surface area contributed by atoms with Gasteiger partial charge in [0.15, 0.2) is 0 Å². The first-order valence-electron chi connectivity index (χ1n) is 9.83. The Morgan fingerprint density at radius 2 is 0.721 bits per heavy atom. The molecule has 2 unspecified atom stereocenters. The Kier molecular flexibility index (Phi) is 11.3. The molecule has 22 heteroatoms. The lowest BCUT2D eigenvalue weighted by Gasteiger charge is -2.36. The van der Waals surface area contributed by atoms with Crippen LogP contribution in [0, 0.1) is 0 Å². The fraction of sp³-hybridized carbons (Fsp3) is 0.429. The van der Waals surface area contributed by atoms with E-state index in [1.165, 1.54) is 0 Å². The Bertz CT molecular complexity index is 1230. The van der Waals surface area contributed by atoms with Crippen molar-refractivity contribution in [2.24, 2.45) is 0 Å². The summed E-state index contributed by atoms with van der Waals surface area (Å²) < 4.78 is 229. The van der Waals surface area contributed by atoms with E-state index in [4.69, 9.17) is 34.7 Å². The molecule has 43 heavy (non-hydrogen) atoms. The number of rotatable bonds is 4. The van der Waals surface area contributed by atoms with E-state index in [0.29, 0.717) is 12.1 Å². The molecule has 2 aromatic carbocycles. The van der Waals surface area contributed by atoms with Crippen LogP contribution in [0.1, 0.15) is 18.6 Å². The van der Waals surface area contributed by atoms with Crippen molar-refractivity contribution in [2.75, 3.05) is 11.5 Å². The number of hydrogen-bond acceptors (Lipinski definition) is 2. The van der Waals surface area contributed by atoms with Crippen molar-refractivity contribution in [3.05, 3.63) is 57.6 Å². The molecule has 0 saturated heterocycles. The van der Waals surface area contributed by atoms with Crippen LogP contribution in [0.5, 0.6) is 0 Å². The maximum atomic E-state index is 14.0. The minimum absolute atomic E-state index is 0. The SMILES string of the molecule is C.Nc1c(Cl)cc(C(F)(C(F)(F)F)C(F)(F)C(F)(F)F)cc1Cl.Nc1ccc(C(F)(C(F)(F)F)C(F)(F)C(F)(F)F)cc1. The van der Waals surface area contributed by atoms with Gasteiger partial charge in [-0.15, -0.1) is 0 Å². The summed E-state index contributed by atoms with van der Waals surface area (Å²) in [4.78, 5) is 0. The van der Waals surface area contributed by atoms with Crippen molar-refractivity contribution >= 4 is 34.6 Å². The van der Waals surface area contributed by atoms with Gasteiger partial charge in [0.1, 0.15) is 0 Å². The first kappa shape index (κ1) is 40.4. The van der Waals surface area contributed by atoms with E-state index in [-0.39, 0.29) is 37.4 Å². The molecule has 2 rings (SSSR count). The van der Waals surface area contributed by atoms with Gasteiger partial charge >= 0.3 is 47.9 Å². The Hall–Kier alpha value is -2.64. The molecule has 0 heterocycles. The van der Waals surface area contributed by atoms with Crippen LogP contribution in [-0.4, -0.2) is 36.6 Å². The van der Waals surface area contributed by atoms with E-state index in [2.05, 4.69) is 0 Å². The highest BCUT2D eigenvalue weighted by Crippen LogP contribution is 2.60. The number of nitrogen functional groups attached to an aromatic ring is 2. The van der Waals surface area contributed by atoms with Crippen LogP contribution in [-0.2, 0) is 11.3 Å². The van der Waals surface area contributed by atoms with E-state index in [9.17, 15) is 79.0 Å². The summed E-state index contributed by atoms with van der Waals surface area (Å²) in [6.45, 7) is 0. The van der Waals surface area contributed by atoms with Crippen LogP contribution < -0.4 is 11.5 Å². The van der Waals surface area contributed by atoms with Crippen molar-refractivity contribution in [2.45, 2.75) is 55.3 Å². The van der Waals surface area contributed by atoms with E-state index >= 15 is 0 Å². The summed E-state index contributed by atoms with van der Waals surface area (Å²) >= 11 is 10.5. The molecule has 0 spiro atoms. The van der Waals surface area contributed by atoms with Gasteiger partial charge in [0.05, 0.1) is 15.7 Å². The summed E-state index contributed by atoms with van der Waals surface area (Å²) in [5.41, 5.74) is -6.67. The highest BCUT2D eigenvalue weighted by atomic mass is 35.5. The largest absolute Gasteiger partial charge is 0.457 e. The van der Waals surface area contributed by atoms with Crippen LogP contribution in [0.3, 0.4) is 0 Å². The summed E-state index contributed by atoms with van der Waals surface area (Å²) in [5, 5.41) is -1.82. The van der Waals surface area contributed by atoms with Gasteiger partial charge < -0.3 is 11.5 Å². The average molecular weight is 707 g/mol. The highest BCUT2D eigenvalue weighted by Gasteiger charge is 2.82. The first-order valence-corrected chi connectivity index (χ1v) is 10.6. The molecular weight excluding hydrogens is 693 g/mol. The van der Waals surface area contributed by atoms with Gasteiger partial charge in [0.25, 0.3) is 0 Å². The van der Waals surface area contributed by atoms with E-state index in [1.54, 1.807) is 0 Å². The number of nitrogens with two attached hydrogens (primary N) is 2. The van der Waals surface area contributed by atoms with Crippen LogP contribution in [0.15, 0.2) is 36.4 Å². The summed E-state index contributed by atoms with van der Waals surface area (Å²) in [6, 6.07) is 1.25. The van der Waals surface area contributed by atoms with Crippen molar-refractivity contribution in [1.82, 2.24) is 0 Å². The third kappa shape index (κ3) is 6.88. The molecule has 2 nitrogen and oxygen atoms in total. The minimum atomic E-state index is -6.82. The number of benzene rings is 2. The Balaban J connectivity index is 0.000000805. The van der Waals surface area contributed by atoms with Gasteiger partial charge in [-0.05, 0) is 24.3 Å². The summed E-state index contributed by atoms with van der Waals surface area (Å²) in [7, 11) is 0. The molecule has 248 valence electrons. The monoisotopic (exact) mass is 706 g/mol. The standard InChI is InChI=1S/C10H4Cl2F9N.C10H6F9N.CH4/c11-4-1-3(2-5(12)6(4)22)7(13,9(16,17)18)8(14,15)10(19,20)21;11-7(9(14,15)16,8(12,13)10(17,18)19)5-1-3-6(20)4-2-5;/h1-2H,22H2;1-4H,20H2;1H4. The van der Waals surface area contributed by atoms with Crippen LogP contribution in [0.4, 0.5) is 90.4 Å². The van der Waals surface area contributed by atoms with Crippen LogP contribution >= 0.6 is 23.2 Å². The zero-order valence-electron chi connectivity index (χ0n) is 19.2. The molecule has 0 amide bonds. The molecule has 0 aliphatic rings. The lowest BCUT2D eigenvalue weighted by atomic mass is 9.87. The highest BCUT2D eigenvalue weighted by molar-refractivity contribution is 6.38. The van der Waals surface area contributed by atoms with Crippen molar-refractivity contribution < 1.29 is 79.0 Å². The molecule has 2 atom stereocenters. The second-order valence-electron chi connectivity index (χ2n) is 7.93. The Morgan fingerprint density at radius 1 is 0.442 bits per heavy atom. The molecule has 0 fully saturated rings. The predicted molar refractivity (Wildman–Crippen MR) is 118 cm³/mol. The lowest BCUT2D eigenvalue weighted by molar-refractivity contribution is -0.389. The molecule has 0 bridgehead atoms. The fourth-order valence-corrected chi connectivity index (χ4v) is 3.42. The van der Waals surface area contributed by atoms with E-state index < -0.39 is 74.7 Å². The molecule has 4 N–H and O–H groups in total. The average Bonchev–Trinajstić information content (AvgIpc) is 2.78. The van der Waals surface area contributed by atoms with Gasteiger partial charge in [-0.3, -0.25) is 0 Å². The molecule has 0 aliphatic carbocycles. The Morgan fingerprint density at radius 3 is 0.977 bits per heavy atom. The second kappa shape index (κ2) is 12.0. The smallest absolute Gasteiger partial charge is 0.399 e. The number of alkyl halides is 18. The minimum Gasteiger partial charge on any atom is -0.399 e. The van der Waals surface area contributed by atoms with E-state index in [1.807, 2.05) is 0 Å².